The molecule has 276 valence electrons. The highest BCUT2D eigenvalue weighted by molar-refractivity contribution is 8.95. The SMILES string of the molecule is C=C(NC(=O)[C@@H](NC(=O)C(=[NH+]C)PP(P)P(P)P)P(P)P(P)P)C(=O)N[C@H](C(=O)[N+](C)=C(PP)C(=O)NC(C)(C)C(=O)C(=O)CC)P(P)P. The summed E-state index contributed by atoms with van der Waals surface area (Å²) >= 11 is 0. The first kappa shape index (κ1) is 51.9. The van der Waals surface area contributed by atoms with E-state index in [9.17, 15) is 33.6 Å². The van der Waals surface area contributed by atoms with Gasteiger partial charge in [-0.15, -0.1) is 80.4 Å². The Morgan fingerprint density at radius 3 is 1.84 bits per heavy atom. The molecule has 0 saturated carbocycles. The molecule has 13 unspecified atom stereocenters. The van der Waals surface area contributed by atoms with Crippen LogP contribution in [-0.2, 0) is 33.6 Å². The largest absolute Gasteiger partial charge is 0.414 e. The van der Waals surface area contributed by atoms with Crippen LogP contribution in [0.15, 0.2) is 12.3 Å². The first-order valence-electron chi connectivity index (χ1n) is 13.4. The molecule has 0 aliphatic rings. The number of amides is 5. The van der Waals surface area contributed by atoms with E-state index in [1.54, 1.807) is 14.0 Å². The van der Waals surface area contributed by atoms with Crippen molar-refractivity contribution in [2.24, 2.45) is 0 Å². The van der Waals surface area contributed by atoms with Gasteiger partial charge in [-0.05, 0) is 49.4 Å². The highest BCUT2D eigenvalue weighted by Crippen LogP contribution is 2.90. The second kappa shape index (κ2) is 25.2. The Hall–Kier alpha value is 2.85. The standard InChI is InChI=1S/C20H44N6O7P16/c1-7-9(27)10(28)20(3,4)25-14(32)19(43-34)26(6)18(33)17(45(35)36)23-11(29)8(2)22-13(31)16(46(37)47(38)39)24-12(30)15(21-5)44-49(42)48(40)41/h16-17,43-44H,2,7,34-42H2,1,3-6H3,(H3-,22,23,24,25,29,30,31,32)/p+2/t16-,17-,46?,49?/m0/s1. The van der Waals surface area contributed by atoms with Crippen LogP contribution in [0.4, 0.5) is 0 Å². The van der Waals surface area contributed by atoms with Gasteiger partial charge in [0.15, 0.2) is 5.78 Å². The molecule has 15 atom stereocenters. The molecule has 0 spiro atoms. The van der Waals surface area contributed by atoms with Gasteiger partial charge in [0.05, 0.1) is 5.70 Å². The van der Waals surface area contributed by atoms with E-state index in [1.807, 2.05) is 0 Å². The number of Topliss-reactive ketones (excluding diaryl/α,β-unsaturated/α-hetero) is 2. The second-order valence-electron chi connectivity index (χ2n) is 9.96. The zero-order valence-corrected chi connectivity index (χ0v) is 44.2. The molecule has 0 aromatic rings. The number of nitrogens with zero attached hydrogens (tertiary/aromatic N) is 1. The number of hydrogen-bond acceptors (Lipinski definition) is 7. The summed E-state index contributed by atoms with van der Waals surface area (Å²) in [5.74, 6) is -6.81. The molecule has 0 aliphatic carbocycles. The van der Waals surface area contributed by atoms with E-state index in [-0.39, 0.29) is 34.1 Å². The minimum absolute atomic E-state index is 0.00334. The van der Waals surface area contributed by atoms with Crippen molar-refractivity contribution in [3.8, 4) is 0 Å². The maximum absolute atomic E-state index is 13.6. The maximum Gasteiger partial charge on any atom is 0.414 e. The smallest absolute Gasteiger partial charge is 0.334 e. The van der Waals surface area contributed by atoms with Crippen LogP contribution in [0, 0.1) is 0 Å². The molecule has 29 heteroatoms. The van der Waals surface area contributed by atoms with E-state index in [4.69, 9.17) is 0 Å². The number of carbonyl (C=O) groups is 7. The molecule has 0 bridgehead atoms. The number of hydrogen-bond donors (Lipinski definition) is 5. The van der Waals surface area contributed by atoms with Crippen molar-refractivity contribution in [1.29, 1.82) is 0 Å². The van der Waals surface area contributed by atoms with Gasteiger partial charge in [0.1, 0.15) is 25.4 Å². The van der Waals surface area contributed by atoms with Gasteiger partial charge in [0.2, 0.25) is 11.6 Å². The number of ketones is 2. The van der Waals surface area contributed by atoms with Crippen molar-refractivity contribution in [2.75, 3.05) is 14.1 Å². The molecule has 0 aromatic carbocycles. The van der Waals surface area contributed by atoms with E-state index in [0.29, 0.717) is 5.45 Å². The third kappa shape index (κ3) is 17.3. The number of likely N-dealkylation sites (N-methyl/N-ethyl adjacent to an activating group) is 1. The normalized spacial score (nSPS) is 15.6. The summed E-state index contributed by atoms with van der Waals surface area (Å²) in [6.07, 6.45) is -0.0184. The molecule has 0 aliphatic heterocycles. The van der Waals surface area contributed by atoms with Crippen molar-refractivity contribution in [1.82, 2.24) is 21.3 Å². The van der Waals surface area contributed by atoms with Gasteiger partial charge in [-0.3, -0.25) is 28.8 Å². The second-order valence-corrected chi connectivity index (χ2v) is 54.1. The summed E-state index contributed by atoms with van der Waals surface area (Å²) in [7, 11) is 23.9. The molecular formula is C20H46N6O7P16+2. The average molecular weight is 978 g/mol. The topological polar surface area (TPSA) is 185 Å². The lowest BCUT2D eigenvalue weighted by Crippen LogP contribution is -2.70. The van der Waals surface area contributed by atoms with Gasteiger partial charge < -0.3 is 21.3 Å². The van der Waals surface area contributed by atoms with Crippen LogP contribution >= 0.6 is 132 Å². The van der Waals surface area contributed by atoms with Crippen molar-refractivity contribution >= 4 is 184 Å². The zero-order valence-electron chi connectivity index (χ0n) is 27.3. The highest BCUT2D eigenvalue weighted by Gasteiger charge is 2.40. The van der Waals surface area contributed by atoms with Gasteiger partial charge in [-0.25, -0.2) is 9.79 Å². The first-order chi connectivity index (χ1) is 22.5. The van der Waals surface area contributed by atoms with Crippen LogP contribution in [0.5, 0.6) is 0 Å². The lowest BCUT2D eigenvalue weighted by molar-refractivity contribution is -0.415. The fraction of sp³-hybridized carbons (Fsp3) is 0.450. The van der Waals surface area contributed by atoms with Crippen LogP contribution < -0.4 is 26.3 Å². The third-order valence-electron chi connectivity index (χ3n) is 5.93. The van der Waals surface area contributed by atoms with Crippen LogP contribution in [0.1, 0.15) is 27.2 Å². The molecule has 5 N–H and O–H groups in total. The fourth-order valence-corrected chi connectivity index (χ4v) is 20.3. The number of carbonyl (C=O) groups excluding carboxylic acids is 7. The molecule has 0 radical (unpaired) electrons. The van der Waals surface area contributed by atoms with Crippen molar-refractivity contribution < 1.29 is 43.1 Å². The summed E-state index contributed by atoms with van der Waals surface area (Å²) < 4.78 is 1.08. The summed E-state index contributed by atoms with van der Waals surface area (Å²) in [6.45, 7) is 6.27. The van der Waals surface area contributed by atoms with E-state index < -0.39 is 93.8 Å². The van der Waals surface area contributed by atoms with Crippen molar-refractivity contribution in [3.63, 3.8) is 0 Å². The fourth-order valence-electron chi connectivity index (χ4n) is 3.24. The molecule has 0 saturated heterocycles. The maximum atomic E-state index is 13.6. The molecule has 0 fully saturated rings. The van der Waals surface area contributed by atoms with E-state index >= 15 is 0 Å². The molecule has 0 rings (SSSR count). The molecule has 13 nitrogen and oxygen atoms in total. The molecule has 5 amide bonds. The van der Waals surface area contributed by atoms with Crippen LogP contribution in [0.25, 0.3) is 0 Å². The first-order valence-corrected chi connectivity index (χ1v) is 39.2. The minimum Gasteiger partial charge on any atom is -0.334 e. The van der Waals surface area contributed by atoms with Crippen molar-refractivity contribution in [3.05, 3.63) is 12.3 Å². The molecule has 49 heavy (non-hydrogen) atoms. The summed E-state index contributed by atoms with van der Waals surface area (Å²) in [5, 5.41) is 10.4. The third-order valence-corrected chi connectivity index (χ3v) is 51.2. The summed E-state index contributed by atoms with van der Waals surface area (Å²) in [4.78, 5) is 94.2. The highest BCUT2D eigenvalue weighted by atomic mass is 33.0. The van der Waals surface area contributed by atoms with E-state index in [0.717, 1.165) is 4.58 Å². The minimum atomic E-state index is -1.51. The van der Waals surface area contributed by atoms with Crippen molar-refractivity contribution in [2.45, 2.75) is 44.3 Å². The monoisotopic (exact) mass is 978 g/mol. The predicted octanol–water partition coefficient (Wildman–Crippen LogP) is 3.24. The van der Waals surface area contributed by atoms with Gasteiger partial charge >= 0.3 is 17.7 Å². The Labute approximate surface area is 317 Å². The summed E-state index contributed by atoms with van der Waals surface area (Å²) in [6, 6.07) is 0. The number of nitrogens with one attached hydrogen (secondary N) is 5. The average Bonchev–Trinajstić information content (AvgIpc) is 3.02. The van der Waals surface area contributed by atoms with Gasteiger partial charge in [-0.1, -0.05) is 13.5 Å². The Morgan fingerprint density at radius 2 is 1.41 bits per heavy atom. The molecule has 0 aromatic heterocycles. The van der Waals surface area contributed by atoms with Crippen LogP contribution in [0.2, 0.25) is 0 Å². The molecular weight excluding hydrogens is 932 g/mol. The van der Waals surface area contributed by atoms with Gasteiger partial charge in [0.25, 0.3) is 22.7 Å². The van der Waals surface area contributed by atoms with Crippen LogP contribution in [0.3, 0.4) is 0 Å². The Morgan fingerprint density at radius 1 is 0.878 bits per heavy atom. The Balaban J connectivity index is 6.08. The number of rotatable bonds is 19. The van der Waals surface area contributed by atoms with E-state index in [2.05, 4.69) is 113 Å². The summed E-state index contributed by atoms with van der Waals surface area (Å²) in [5.41, 5.74) is -1.40. The molecule has 0 heterocycles. The zero-order chi connectivity index (χ0) is 38.5. The Kier molecular flexibility index (Phi) is 26.6. The van der Waals surface area contributed by atoms with Gasteiger partial charge in [-0.2, -0.15) is 4.58 Å². The quantitative estimate of drug-likeness (QED) is 0.0433. The Bertz CT molecular complexity index is 1380. The van der Waals surface area contributed by atoms with E-state index in [1.165, 1.54) is 20.9 Å². The van der Waals surface area contributed by atoms with Gasteiger partial charge in [0, 0.05) is 23.0 Å². The predicted molar refractivity (Wildman–Crippen MR) is 250 cm³/mol. The lowest BCUT2D eigenvalue weighted by atomic mass is 9.95. The van der Waals surface area contributed by atoms with Crippen LogP contribution in [-0.4, -0.2) is 87.8 Å². The lowest BCUT2D eigenvalue weighted by Gasteiger charge is -2.27.